The van der Waals surface area contributed by atoms with Crippen LogP contribution >= 0.6 is 0 Å². The zero-order valence-electron chi connectivity index (χ0n) is 18.7. The molecule has 1 aliphatic rings. The number of ether oxygens (including phenoxy) is 1. The van der Waals surface area contributed by atoms with Crippen molar-refractivity contribution in [2.24, 2.45) is 5.92 Å². The Kier molecular flexibility index (Phi) is 8.43. The first-order valence-electron chi connectivity index (χ1n) is 11.1. The van der Waals surface area contributed by atoms with Crippen LogP contribution in [0, 0.1) is 11.7 Å². The lowest BCUT2D eigenvalue weighted by Gasteiger charge is -2.32. The average Bonchev–Trinajstić information content (AvgIpc) is 2.77. The van der Waals surface area contributed by atoms with E-state index < -0.39 is 6.04 Å². The van der Waals surface area contributed by atoms with Crippen molar-refractivity contribution in [2.45, 2.75) is 45.3 Å². The molecule has 6 heteroatoms. The van der Waals surface area contributed by atoms with Crippen molar-refractivity contribution in [2.75, 3.05) is 26.7 Å². The highest BCUT2D eigenvalue weighted by atomic mass is 19.1. The molecule has 168 valence electrons. The van der Waals surface area contributed by atoms with E-state index >= 15 is 0 Å². The molecule has 0 saturated carbocycles. The lowest BCUT2D eigenvalue weighted by molar-refractivity contribution is -0.123. The van der Waals surface area contributed by atoms with Crippen LogP contribution in [0.5, 0.6) is 5.75 Å². The molecule has 0 unspecified atom stereocenters. The van der Waals surface area contributed by atoms with Crippen molar-refractivity contribution in [3.63, 3.8) is 0 Å². The molecule has 3 rings (SSSR count). The quantitative estimate of drug-likeness (QED) is 0.637. The van der Waals surface area contributed by atoms with Crippen LogP contribution < -0.4 is 15.4 Å². The third-order valence-corrected chi connectivity index (χ3v) is 5.56. The smallest absolute Gasteiger partial charge is 0.242 e. The molecule has 0 bridgehead atoms. The summed E-state index contributed by atoms with van der Waals surface area (Å²) in [5.74, 6) is 0.893. The van der Waals surface area contributed by atoms with E-state index in [4.69, 9.17) is 4.74 Å². The highest BCUT2D eigenvalue weighted by molar-refractivity contribution is 5.83. The van der Waals surface area contributed by atoms with Gasteiger partial charge in [-0.05, 0) is 74.3 Å². The highest BCUT2D eigenvalue weighted by Crippen LogP contribution is 2.19. The molecule has 0 radical (unpaired) electrons. The Morgan fingerprint density at radius 1 is 1.10 bits per heavy atom. The number of piperidine rings is 1. The number of hydrogen-bond acceptors (Lipinski definition) is 4. The molecule has 1 aliphatic heterocycles. The predicted octanol–water partition coefficient (Wildman–Crippen LogP) is 3.90. The van der Waals surface area contributed by atoms with Gasteiger partial charge in [-0.1, -0.05) is 38.1 Å². The van der Waals surface area contributed by atoms with Gasteiger partial charge in [-0.3, -0.25) is 10.1 Å². The van der Waals surface area contributed by atoms with Gasteiger partial charge in [0.2, 0.25) is 5.91 Å². The summed E-state index contributed by atoms with van der Waals surface area (Å²) in [6.45, 7) is 7.33. The molecule has 2 N–H and O–H groups in total. The summed E-state index contributed by atoms with van der Waals surface area (Å²) < 4.78 is 19.1. The minimum Gasteiger partial charge on any atom is -0.493 e. The Morgan fingerprint density at radius 3 is 2.35 bits per heavy atom. The van der Waals surface area contributed by atoms with Gasteiger partial charge in [0.1, 0.15) is 17.6 Å². The molecule has 2 aromatic carbocycles. The molecule has 0 aliphatic carbocycles. The number of likely N-dealkylation sites (tertiary alicyclic amines) is 1. The Bertz CT molecular complexity index is 816. The highest BCUT2D eigenvalue weighted by Gasteiger charge is 2.26. The van der Waals surface area contributed by atoms with Crippen molar-refractivity contribution in [3.05, 3.63) is 65.5 Å². The van der Waals surface area contributed by atoms with Crippen LogP contribution in [0.3, 0.4) is 0 Å². The summed E-state index contributed by atoms with van der Waals surface area (Å²) >= 11 is 0. The summed E-state index contributed by atoms with van der Waals surface area (Å²) in [6.07, 6.45) is 1.97. The first-order chi connectivity index (χ1) is 14.9. The van der Waals surface area contributed by atoms with Gasteiger partial charge in [0.25, 0.3) is 0 Å². The number of hydrogen-bond donors (Lipinski definition) is 2. The fraction of sp³-hybridized carbons (Fsp3) is 0.480. The topological polar surface area (TPSA) is 53.6 Å². The van der Waals surface area contributed by atoms with Crippen molar-refractivity contribution >= 4 is 5.91 Å². The van der Waals surface area contributed by atoms with E-state index in [0.717, 1.165) is 42.8 Å². The zero-order valence-corrected chi connectivity index (χ0v) is 18.7. The zero-order chi connectivity index (χ0) is 22.2. The number of rotatable bonds is 9. The van der Waals surface area contributed by atoms with Gasteiger partial charge in [0.05, 0.1) is 6.61 Å². The number of carbonyl (C=O) groups is 1. The second-order valence-corrected chi connectivity index (χ2v) is 8.80. The third-order valence-electron chi connectivity index (χ3n) is 5.56. The lowest BCUT2D eigenvalue weighted by Crippen LogP contribution is -2.46. The lowest BCUT2D eigenvalue weighted by atomic mass is 10.00. The van der Waals surface area contributed by atoms with Gasteiger partial charge in [-0.2, -0.15) is 0 Å². The minimum atomic E-state index is -0.511. The van der Waals surface area contributed by atoms with Gasteiger partial charge in [-0.25, -0.2) is 4.39 Å². The maximum Gasteiger partial charge on any atom is 0.242 e. The number of amides is 1. The Hall–Kier alpha value is -2.44. The molecule has 1 atom stereocenters. The predicted molar refractivity (Wildman–Crippen MR) is 121 cm³/mol. The van der Waals surface area contributed by atoms with Gasteiger partial charge in [0.15, 0.2) is 0 Å². The molecule has 0 aromatic heterocycles. The van der Waals surface area contributed by atoms with Crippen LogP contribution in [-0.2, 0) is 11.3 Å². The second-order valence-electron chi connectivity index (χ2n) is 8.80. The Labute approximate surface area is 185 Å². The van der Waals surface area contributed by atoms with Gasteiger partial charge >= 0.3 is 0 Å². The number of halogens is 1. The second kappa shape index (κ2) is 11.3. The SMILES string of the molecule is CC(C)COc1ccc(CNC(=O)[C@@H](NC2CCN(C)CC2)c2ccc(F)cc2)cc1. The molecular weight excluding hydrogens is 393 g/mol. The molecule has 5 nitrogen and oxygen atoms in total. The van der Waals surface area contributed by atoms with Crippen LogP contribution in [-0.4, -0.2) is 43.6 Å². The molecular formula is C25H34FN3O2. The van der Waals surface area contributed by atoms with E-state index in [0.29, 0.717) is 19.1 Å². The minimum absolute atomic E-state index is 0.106. The first kappa shape index (κ1) is 23.2. The Morgan fingerprint density at radius 2 is 1.74 bits per heavy atom. The molecule has 1 fully saturated rings. The van der Waals surface area contributed by atoms with Gasteiger partial charge in [0, 0.05) is 12.6 Å². The number of carbonyl (C=O) groups excluding carboxylic acids is 1. The fourth-order valence-corrected chi connectivity index (χ4v) is 3.65. The van der Waals surface area contributed by atoms with Crippen LogP contribution in [0.25, 0.3) is 0 Å². The average molecular weight is 428 g/mol. The van der Waals surface area contributed by atoms with Gasteiger partial charge in [-0.15, -0.1) is 0 Å². The number of nitrogens with one attached hydrogen (secondary N) is 2. The monoisotopic (exact) mass is 427 g/mol. The molecule has 0 spiro atoms. The van der Waals surface area contributed by atoms with Crippen LogP contribution in [0.2, 0.25) is 0 Å². The van der Waals surface area contributed by atoms with E-state index in [1.807, 2.05) is 24.3 Å². The van der Waals surface area contributed by atoms with Crippen molar-refractivity contribution in [1.29, 1.82) is 0 Å². The first-order valence-corrected chi connectivity index (χ1v) is 11.1. The molecule has 1 saturated heterocycles. The molecule has 2 aromatic rings. The van der Waals surface area contributed by atoms with E-state index in [1.165, 1.54) is 12.1 Å². The standard InChI is InChI=1S/C25H34FN3O2/c1-18(2)17-31-23-10-4-19(5-11-23)16-27-25(30)24(20-6-8-21(26)9-7-20)28-22-12-14-29(3)15-13-22/h4-11,18,22,24,28H,12-17H2,1-3H3,(H,27,30)/t24-/m0/s1. The van der Waals surface area contributed by atoms with E-state index in [2.05, 4.69) is 36.4 Å². The van der Waals surface area contributed by atoms with E-state index in [1.54, 1.807) is 12.1 Å². The fourth-order valence-electron chi connectivity index (χ4n) is 3.65. The number of nitrogens with zero attached hydrogens (tertiary/aromatic N) is 1. The summed E-state index contributed by atoms with van der Waals surface area (Å²) in [4.78, 5) is 15.4. The Balaban J connectivity index is 1.61. The van der Waals surface area contributed by atoms with Gasteiger partial charge < -0.3 is 15.0 Å². The van der Waals surface area contributed by atoms with E-state index in [-0.39, 0.29) is 17.8 Å². The molecule has 1 amide bonds. The molecule has 31 heavy (non-hydrogen) atoms. The van der Waals surface area contributed by atoms with Crippen molar-refractivity contribution in [3.8, 4) is 5.75 Å². The van der Waals surface area contributed by atoms with Crippen LogP contribution in [0.15, 0.2) is 48.5 Å². The normalized spacial score (nSPS) is 16.3. The largest absolute Gasteiger partial charge is 0.493 e. The number of benzene rings is 2. The van der Waals surface area contributed by atoms with Crippen molar-refractivity contribution < 1.29 is 13.9 Å². The maximum absolute atomic E-state index is 13.4. The van der Waals surface area contributed by atoms with Crippen LogP contribution in [0.1, 0.15) is 43.9 Å². The van der Waals surface area contributed by atoms with E-state index in [9.17, 15) is 9.18 Å². The summed E-state index contributed by atoms with van der Waals surface area (Å²) in [5.41, 5.74) is 1.78. The third kappa shape index (κ3) is 7.33. The summed E-state index contributed by atoms with van der Waals surface area (Å²) in [5, 5.41) is 6.54. The summed E-state index contributed by atoms with van der Waals surface area (Å²) in [7, 11) is 2.11. The van der Waals surface area contributed by atoms with Crippen LogP contribution in [0.4, 0.5) is 4.39 Å². The summed E-state index contributed by atoms with van der Waals surface area (Å²) in [6, 6.07) is 13.7. The van der Waals surface area contributed by atoms with Crippen molar-refractivity contribution in [1.82, 2.24) is 15.5 Å². The molecule has 1 heterocycles. The maximum atomic E-state index is 13.4.